The van der Waals surface area contributed by atoms with E-state index < -0.39 is 5.76 Å². The summed E-state index contributed by atoms with van der Waals surface area (Å²) in [4.78, 5) is 26.8. The standard InChI is InChI=1S/C13H13N7O4/c1-20-17-10(16-19-20)6-14-12(21)8-4-2-3-5-9(8)23-7-11-15-13(22)24-18-11/h2-5H,6-7H2,1H3,(H,14,21)(H,15,18,22). The molecule has 0 unspecified atom stereocenters. The van der Waals surface area contributed by atoms with Gasteiger partial charge in [-0.05, 0) is 17.3 Å². The second-order valence-electron chi connectivity index (χ2n) is 4.70. The summed E-state index contributed by atoms with van der Waals surface area (Å²) in [6.07, 6.45) is 0. The van der Waals surface area contributed by atoms with Gasteiger partial charge in [0.05, 0.1) is 19.2 Å². The lowest BCUT2D eigenvalue weighted by Gasteiger charge is -2.09. The molecule has 0 saturated carbocycles. The Morgan fingerprint density at radius 2 is 2.25 bits per heavy atom. The van der Waals surface area contributed by atoms with Crippen molar-refractivity contribution in [2.45, 2.75) is 13.2 Å². The highest BCUT2D eigenvalue weighted by Crippen LogP contribution is 2.18. The van der Waals surface area contributed by atoms with Gasteiger partial charge >= 0.3 is 5.76 Å². The van der Waals surface area contributed by atoms with E-state index in [1.165, 1.54) is 4.80 Å². The molecule has 0 aliphatic carbocycles. The van der Waals surface area contributed by atoms with Crippen LogP contribution in [0.2, 0.25) is 0 Å². The number of aromatic amines is 1. The fraction of sp³-hybridized carbons (Fsp3) is 0.231. The average Bonchev–Trinajstić information content (AvgIpc) is 3.19. The molecule has 0 spiro atoms. The number of aryl methyl sites for hydroxylation is 1. The monoisotopic (exact) mass is 331 g/mol. The molecule has 2 heterocycles. The number of nitrogens with zero attached hydrogens (tertiary/aromatic N) is 5. The first kappa shape index (κ1) is 15.4. The predicted molar refractivity (Wildman–Crippen MR) is 77.9 cm³/mol. The molecule has 3 aromatic rings. The molecular formula is C13H13N7O4. The Kier molecular flexibility index (Phi) is 4.32. The molecule has 1 aromatic carbocycles. The van der Waals surface area contributed by atoms with E-state index in [-0.39, 0.29) is 24.9 Å². The van der Waals surface area contributed by atoms with E-state index in [1.807, 2.05) is 0 Å². The summed E-state index contributed by atoms with van der Waals surface area (Å²) in [6.45, 7) is 0.0966. The molecule has 0 saturated heterocycles. The third kappa shape index (κ3) is 3.63. The third-order valence-corrected chi connectivity index (χ3v) is 2.94. The SMILES string of the molecule is Cn1nnc(CNC(=O)c2ccccc2OCc2noc(=O)[nH]2)n1. The number of H-pyrrole nitrogens is 1. The van der Waals surface area contributed by atoms with Crippen LogP contribution in [-0.4, -0.2) is 36.3 Å². The number of rotatable bonds is 6. The largest absolute Gasteiger partial charge is 0.485 e. The lowest BCUT2D eigenvalue weighted by molar-refractivity contribution is 0.0945. The zero-order chi connectivity index (χ0) is 16.9. The summed E-state index contributed by atoms with van der Waals surface area (Å²) in [7, 11) is 1.63. The van der Waals surface area contributed by atoms with E-state index in [2.05, 4.69) is 35.4 Å². The van der Waals surface area contributed by atoms with Gasteiger partial charge in [0.1, 0.15) is 12.4 Å². The zero-order valence-electron chi connectivity index (χ0n) is 12.6. The molecule has 0 atom stereocenters. The van der Waals surface area contributed by atoms with Gasteiger partial charge in [-0.3, -0.25) is 14.3 Å². The molecule has 1 amide bonds. The topological polar surface area (TPSA) is 141 Å². The van der Waals surface area contributed by atoms with Crippen LogP contribution in [0, 0.1) is 0 Å². The van der Waals surface area contributed by atoms with Gasteiger partial charge in [0, 0.05) is 0 Å². The third-order valence-electron chi connectivity index (χ3n) is 2.94. The van der Waals surface area contributed by atoms with E-state index in [0.717, 1.165) is 0 Å². The van der Waals surface area contributed by atoms with Gasteiger partial charge in [0.25, 0.3) is 5.91 Å². The second-order valence-corrected chi connectivity index (χ2v) is 4.70. The van der Waals surface area contributed by atoms with Crippen molar-refractivity contribution in [1.29, 1.82) is 0 Å². The van der Waals surface area contributed by atoms with Gasteiger partial charge in [-0.15, -0.1) is 10.2 Å². The van der Waals surface area contributed by atoms with Crippen molar-refractivity contribution < 1.29 is 14.1 Å². The van der Waals surface area contributed by atoms with Gasteiger partial charge in [-0.1, -0.05) is 17.3 Å². The Labute approximate surface area is 134 Å². The minimum Gasteiger partial charge on any atom is -0.485 e. The number of para-hydroxylation sites is 1. The molecule has 2 N–H and O–H groups in total. The van der Waals surface area contributed by atoms with Crippen LogP contribution in [0.5, 0.6) is 5.75 Å². The molecule has 11 nitrogen and oxygen atoms in total. The molecule has 0 radical (unpaired) electrons. The fourth-order valence-corrected chi connectivity index (χ4v) is 1.90. The maximum atomic E-state index is 12.3. The van der Waals surface area contributed by atoms with Gasteiger partial charge in [0.15, 0.2) is 11.6 Å². The Hall–Kier alpha value is -3.50. The number of nitrogens with one attached hydrogen (secondary N) is 2. The average molecular weight is 331 g/mol. The summed E-state index contributed by atoms with van der Waals surface area (Å²) in [5.74, 6) is -0.0721. The van der Waals surface area contributed by atoms with Gasteiger partial charge in [-0.25, -0.2) is 4.79 Å². The van der Waals surface area contributed by atoms with Crippen LogP contribution >= 0.6 is 0 Å². The van der Waals surface area contributed by atoms with Crippen LogP contribution in [0.4, 0.5) is 0 Å². The van der Waals surface area contributed by atoms with Crippen molar-refractivity contribution in [3.63, 3.8) is 0 Å². The number of benzene rings is 1. The smallest absolute Gasteiger partial charge is 0.439 e. The maximum absolute atomic E-state index is 12.3. The summed E-state index contributed by atoms with van der Waals surface area (Å²) in [6, 6.07) is 6.68. The number of amides is 1. The van der Waals surface area contributed by atoms with Crippen molar-refractivity contribution in [2.75, 3.05) is 0 Å². The molecule has 0 fully saturated rings. The first-order chi connectivity index (χ1) is 11.6. The molecule has 0 aliphatic heterocycles. The van der Waals surface area contributed by atoms with Crippen molar-refractivity contribution in [1.82, 2.24) is 35.7 Å². The van der Waals surface area contributed by atoms with Crippen molar-refractivity contribution in [3.8, 4) is 5.75 Å². The fourth-order valence-electron chi connectivity index (χ4n) is 1.90. The summed E-state index contributed by atoms with van der Waals surface area (Å²) < 4.78 is 9.89. The van der Waals surface area contributed by atoms with Crippen LogP contribution in [0.25, 0.3) is 0 Å². The van der Waals surface area contributed by atoms with Crippen LogP contribution in [-0.2, 0) is 20.2 Å². The highest BCUT2D eigenvalue weighted by Gasteiger charge is 2.13. The molecule has 0 bridgehead atoms. The van der Waals surface area contributed by atoms with Crippen LogP contribution < -0.4 is 15.8 Å². The first-order valence-corrected chi connectivity index (χ1v) is 6.89. The number of ether oxygens (including phenoxy) is 1. The quantitative estimate of drug-likeness (QED) is 0.609. The van der Waals surface area contributed by atoms with Crippen LogP contribution in [0.3, 0.4) is 0 Å². The molecule has 2 aromatic heterocycles. The van der Waals surface area contributed by atoms with E-state index >= 15 is 0 Å². The number of hydrogen-bond acceptors (Lipinski definition) is 8. The first-order valence-electron chi connectivity index (χ1n) is 6.89. The number of carbonyl (C=O) groups excluding carboxylic acids is 1. The van der Waals surface area contributed by atoms with Gasteiger partial charge in [0.2, 0.25) is 0 Å². The summed E-state index contributed by atoms with van der Waals surface area (Å²) in [5.41, 5.74) is 0.326. The van der Waals surface area contributed by atoms with Crippen LogP contribution in [0.15, 0.2) is 33.6 Å². The van der Waals surface area contributed by atoms with Crippen LogP contribution in [0.1, 0.15) is 22.0 Å². The Morgan fingerprint density at radius 1 is 1.42 bits per heavy atom. The van der Waals surface area contributed by atoms with Crippen molar-refractivity contribution >= 4 is 5.91 Å². The number of carbonyl (C=O) groups is 1. The van der Waals surface area contributed by atoms with Gasteiger partial charge in [-0.2, -0.15) is 4.80 Å². The number of hydrogen-bond donors (Lipinski definition) is 2. The molecular weight excluding hydrogens is 318 g/mol. The summed E-state index contributed by atoms with van der Waals surface area (Å²) >= 11 is 0. The zero-order valence-corrected chi connectivity index (χ0v) is 12.6. The van der Waals surface area contributed by atoms with E-state index in [4.69, 9.17) is 4.74 Å². The van der Waals surface area contributed by atoms with Gasteiger partial charge < -0.3 is 10.1 Å². The molecule has 124 valence electrons. The molecule has 0 aliphatic rings. The molecule has 11 heteroatoms. The second kappa shape index (κ2) is 6.73. The Balaban J connectivity index is 1.66. The van der Waals surface area contributed by atoms with Crippen molar-refractivity contribution in [2.24, 2.45) is 7.05 Å². The minimum absolute atomic E-state index is 0.0399. The van der Waals surface area contributed by atoms with E-state index in [1.54, 1.807) is 31.3 Å². The van der Waals surface area contributed by atoms with E-state index in [9.17, 15) is 9.59 Å². The molecule has 24 heavy (non-hydrogen) atoms. The molecule has 3 rings (SSSR count). The normalized spacial score (nSPS) is 10.5. The van der Waals surface area contributed by atoms with Crippen molar-refractivity contribution in [3.05, 3.63) is 52.0 Å². The highest BCUT2D eigenvalue weighted by atomic mass is 16.5. The predicted octanol–water partition coefficient (Wildman–Crippen LogP) is -0.605. The Bertz CT molecular complexity index is 897. The minimum atomic E-state index is -0.670. The Morgan fingerprint density at radius 3 is 2.96 bits per heavy atom. The lowest BCUT2D eigenvalue weighted by Crippen LogP contribution is -2.24. The maximum Gasteiger partial charge on any atom is 0.439 e. The number of tetrazole rings is 1. The van der Waals surface area contributed by atoms with E-state index in [0.29, 0.717) is 17.1 Å². The highest BCUT2D eigenvalue weighted by molar-refractivity contribution is 5.96. The summed E-state index contributed by atoms with van der Waals surface area (Å²) in [5, 5.41) is 17.6. The number of aromatic nitrogens is 6. The lowest BCUT2D eigenvalue weighted by atomic mass is 10.2.